The van der Waals surface area contributed by atoms with Gasteiger partial charge in [-0.05, 0) is 48.4 Å². The molecule has 2 amide bonds. The molecule has 4 rings (SSSR count). The molecule has 5 nitrogen and oxygen atoms in total. The van der Waals surface area contributed by atoms with E-state index < -0.39 is 0 Å². The fourth-order valence-electron chi connectivity index (χ4n) is 3.80. The molecule has 0 unspecified atom stereocenters. The van der Waals surface area contributed by atoms with Gasteiger partial charge in [-0.2, -0.15) is 0 Å². The summed E-state index contributed by atoms with van der Waals surface area (Å²) in [7, 11) is 0. The highest BCUT2D eigenvalue weighted by atomic mass is 32.1. The molecule has 2 aliphatic heterocycles. The second-order valence-corrected chi connectivity index (χ2v) is 7.71. The monoisotopic (exact) mass is 370 g/mol. The molecule has 1 N–H and O–H groups in total. The van der Waals surface area contributed by atoms with Crippen molar-refractivity contribution in [3.63, 3.8) is 0 Å². The minimum Gasteiger partial charge on any atom is -0.369 e. The summed E-state index contributed by atoms with van der Waals surface area (Å²) in [5, 5.41) is 4.86. The number of nitrogens with one attached hydrogen (secondary N) is 1. The van der Waals surface area contributed by atoms with Gasteiger partial charge < -0.3 is 15.0 Å². The first-order valence-corrected chi connectivity index (χ1v) is 9.88. The minimum absolute atomic E-state index is 0.0336. The van der Waals surface area contributed by atoms with Crippen LogP contribution in [0.5, 0.6) is 0 Å². The molecule has 2 aromatic rings. The van der Waals surface area contributed by atoms with E-state index in [1.165, 1.54) is 10.4 Å². The number of likely N-dealkylation sites (tertiary alicyclic amines) is 1. The lowest BCUT2D eigenvalue weighted by Crippen LogP contribution is -2.50. The van der Waals surface area contributed by atoms with Crippen LogP contribution < -0.4 is 5.32 Å². The minimum atomic E-state index is -0.216. The molecule has 3 heterocycles. The van der Waals surface area contributed by atoms with E-state index in [2.05, 4.69) is 16.8 Å². The Kier molecular flexibility index (Phi) is 4.78. The molecule has 0 bridgehead atoms. The van der Waals surface area contributed by atoms with Crippen molar-refractivity contribution in [1.82, 2.24) is 10.2 Å². The Hall–Kier alpha value is -2.18. The molecule has 2 aliphatic rings. The second kappa shape index (κ2) is 7.21. The van der Waals surface area contributed by atoms with Crippen LogP contribution in [0.1, 0.15) is 33.6 Å². The number of fused-ring (bicyclic) bond motifs is 2. The van der Waals surface area contributed by atoms with Crippen molar-refractivity contribution in [2.45, 2.75) is 24.9 Å². The number of hydrogen-bond acceptors (Lipinski definition) is 4. The highest BCUT2D eigenvalue weighted by molar-refractivity contribution is 7.10. The summed E-state index contributed by atoms with van der Waals surface area (Å²) in [5.41, 5.74) is 1.75. The van der Waals surface area contributed by atoms with Gasteiger partial charge in [0.15, 0.2) is 0 Å². The number of rotatable bonds is 3. The van der Waals surface area contributed by atoms with Crippen LogP contribution in [0.2, 0.25) is 0 Å². The molecule has 0 aliphatic carbocycles. The smallest absolute Gasteiger partial charge is 0.251 e. The van der Waals surface area contributed by atoms with Gasteiger partial charge in [0.1, 0.15) is 5.60 Å². The molecule has 1 saturated heterocycles. The maximum atomic E-state index is 12.5. The van der Waals surface area contributed by atoms with Gasteiger partial charge in [-0.3, -0.25) is 9.59 Å². The first kappa shape index (κ1) is 17.2. The van der Waals surface area contributed by atoms with E-state index in [4.69, 9.17) is 4.74 Å². The van der Waals surface area contributed by atoms with E-state index >= 15 is 0 Å². The van der Waals surface area contributed by atoms with Crippen LogP contribution in [0.25, 0.3) is 0 Å². The summed E-state index contributed by atoms with van der Waals surface area (Å²) in [6, 6.07) is 11.2. The molecule has 1 aromatic heterocycles. The quantitative estimate of drug-likeness (QED) is 0.903. The Bertz CT molecular complexity index is 794. The lowest BCUT2D eigenvalue weighted by atomic mass is 9.85. The first-order chi connectivity index (χ1) is 12.7. The third-order valence-electron chi connectivity index (χ3n) is 5.27. The van der Waals surface area contributed by atoms with Crippen molar-refractivity contribution in [3.05, 3.63) is 57.8 Å². The van der Waals surface area contributed by atoms with Crippen molar-refractivity contribution in [2.75, 3.05) is 26.2 Å². The van der Waals surface area contributed by atoms with Gasteiger partial charge in [0, 0.05) is 23.5 Å². The zero-order valence-electron chi connectivity index (χ0n) is 14.6. The van der Waals surface area contributed by atoms with E-state index in [0.717, 1.165) is 25.9 Å². The van der Waals surface area contributed by atoms with Gasteiger partial charge in [0.05, 0.1) is 13.2 Å². The average molecular weight is 370 g/mol. The molecule has 0 atom stereocenters. The predicted octanol–water partition coefficient (Wildman–Crippen LogP) is 2.57. The third kappa shape index (κ3) is 3.27. The van der Waals surface area contributed by atoms with E-state index in [9.17, 15) is 9.59 Å². The van der Waals surface area contributed by atoms with E-state index in [1.807, 2.05) is 23.1 Å². The van der Waals surface area contributed by atoms with Crippen molar-refractivity contribution >= 4 is 23.2 Å². The maximum Gasteiger partial charge on any atom is 0.251 e. The normalized spacial score (nSPS) is 18.4. The van der Waals surface area contributed by atoms with Gasteiger partial charge in [-0.25, -0.2) is 0 Å². The number of thiophene rings is 1. The fraction of sp³-hybridized carbons (Fsp3) is 0.400. The third-order valence-corrected chi connectivity index (χ3v) is 6.41. The molecule has 136 valence electrons. The number of nitrogens with zero attached hydrogens (tertiary/aromatic N) is 1. The molecular formula is C20H22N2O3S. The first-order valence-electron chi connectivity index (χ1n) is 9.00. The van der Waals surface area contributed by atoms with E-state index in [1.54, 1.807) is 23.5 Å². The summed E-state index contributed by atoms with van der Waals surface area (Å²) in [6.45, 7) is 2.12. The molecule has 1 fully saturated rings. The van der Waals surface area contributed by atoms with E-state index in [0.29, 0.717) is 18.7 Å². The Balaban J connectivity index is 1.33. The SMILES string of the molecule is O=C(NCC(=O)N1CCC2(CC1)OCCc1ccsc12)c1ccccc1. The number of ether oxygens (including phenoxy) is 1. The molecular weight excluding hydrogens is 348 g/mol. The molecule has 1 spiro atoms. The Morgan fingerprint density at radius 2 is 1.92 bits per heavy atom. The zero-order chi connectivity index (χ0) is 18.0. The molecule has 6 heteroatoms. The van der Waals surface area contributed by atoms with Crippen LogP contribution >= 0.6 is 11.3 Å². The Morgan fingerprint density at radius 1 is 1.15 bits per heavy atom. The van der Waals surface area contributed by atoms with E-state index in [-0.39, 0.29) is 24.0 Å². The van der Waals surface area contributed by atoms with Gasteiger partial charge in [0.25, 0.3) is 5.91 Å². The van der Waals surface area contributed by atoms with Gasteiger partial charge in [0.2, 0.25) is 5.91 Å². The number of carbonyl (C=O) groups excluding carboxylic acids is 2. The highest BCUT2D eigenvalue weighted by Crippen LogP contribution is 2.44. The van der Waals surface area contributed by atoms with Crippen molar-refractivity contribution in [2.24, 2.45) is 0 Å². The number of amides is 2. The van der Waals surface area contributed by atoms with Gasteiger partial charge in [-0.15, -0.1) is 11.3 Å². The van der Waals surface area contributed by atoms with Crippen LogP contribution in [-0.4, -0.2) is 43.0 Å². The van der Waals surface area contributed by atoms with Gasteiger partial charge in [-0.1, -0.05) is 18.2 Å². The van der Waals surface area contributed by atoms with Crippen molar-refractivity contribution in [1.29, 1.82) is 0 Å². The lowest BCUT2D eigenvalue weighted by Gasteiger charge is -2.43. The molecule has 26 heavy (non-hydrogen) atoms. The summed E-state index contributed by atoms with van der Waals surface area (Å²) in [4.78, 5) is 27.7. The summed E-state index contributed by atoms with van der Waals surface area (Å²) in [6.07, 6.45) is 2.62. The number of hydrogen-bond donors (Lipinski definition) is 1. The standard InChI is InChI=1S/C20H22N2O3S/c23-17(14-21-19(24)16-4-2-1-3-5-16)22-10-8-20(9-11-22)18-15(6-12-25-20)7-13-26-18/h1-5,7,13H,6,8-12,14H2,(H,21,24). The Morgan fingerprint density at radius 3 is 2.69 bits per heavy atom. The van der Waals surface area contributed by atoms with Gasteiger partial charge >= 0.3 is 0 Å². The lowest BCUT2D eigenvalue weighted by molar-refractivity contribution is -0.139. The number of benzene rings is 1. The molecule has 0 saturated carbocycles. The average Bonchev–Trinajstić information content (AvgIpc) is 3.18. The zero-order valence-corrected chi connectivity index (χ0v) is 15.4. The predicted molar refractivity (Wildman–Crippen MR) is 100 cm³/mol. The highest BCUT2D eigenvalue weighted by Gasteiger charge is 2.42. The fourth-order valence-corrected chi connectivity index (χ4v) is 4.97. The van der Waals surface area contributed by atoms with Crippen LogP contribution in [0.15, 0.2) is 41.8 Å². The Labute approximate surface area is 157 Å². The van der Waals surface area contributed by atoms with Crippen LogP contribution in [0.4, 0.5) is 0 Å². The van der Waals surface area contributed by atoms with Crippen LogP contribution in [-0.2, 0) is 21.6 Å². The van der Waals surface area contributed by atoms with Crippen molar-refractivity contribution < 1.29 is 14.3 Å². The number of piperidine rings is 1. The second-order valence-electron chi connectivity index (χ2n) is 6.80. The summed E-state index contributed by atoms with van der Waals surface area (Å²) < 4.78 is 6.18. The number of carbonyl (C=O) groups is 2. The van der Waals surface area contributed by atoms with Crippen LogP contribution in [0.3, 0.4) is 0 Å². The maximum absolute atomic E-state index is 12.5. The topological polar surface area (TPSA) is 58.6 Å². The molecule has 0 radical (unpaired) electrons. The van der Waals surface area contributed by atoms with Crippen LogP contribution in [0, 0.1) is 0 Å². The van der Waals surface area contributed by atoms with Crippen molar-refractivity contribution in [3.8, 4) is 0 Å². The molecule has 1 aromatic carbocycles. The summed E-state index contributed by atoms with van der Waals surface area (Å²) in [5.74, 6) is -0.252. The summed E-state index contributed by atoms with van der Waals surface area (Å²) >= 11 is 1.77. The largest absolute Gasteiger partial charge is 0.369 e.